The van der Waals surface area contributed by atoms with Crippen LogP contribution in [0.2, 0.25) is 0 Å². The molecule has 2 fully saturated rings. The molecule has 0 aromatic heterocycles. The fourth-order valence-corrected chi connectivity index (χ4v) is 5.04. The summed E-state index contributed by atoms with van der Waals surface area (Å²) in [5.74, 6) is 0.370. The molecule has 21 heavy (non-hydrogen) atoms. The lowest BCUT2D eigenvalue weighted by Gasteiger charge is -2.46. The Kier molecular flexibility index (Phi) is 3.28. The topological polar surface area (TPSA) is 20.3 Å². The van der Waals surface area contributed by atoms with Crippen molar-refractivity contribution in [1.82, 2.24) is 4.90 Å². The van der Waals surface area contributed by atoms with Crippen molar-refractivity contribution in [2.75, 3.05) is 6.54 Å². The summed E-state index contributed by atoms with van der Waals surface area (Å²) in [4.78, 5) is 14.3. The molecule has 4 rings (SSSR count). The first kappa shape index (κ1) is 13.4. The van der Waals surface area contributed by atoms with Crippen molar-refractivity contribution in [2.24, 2.45) is 0 Å². The number of hydrogen-bond donors (Lipinski definition) is 0. The summed E-state index contributed by atoms with van der Waals surface area (Å²) in [6.07, 6.45) is 11.1. The number of amides is 1. The van der Waals surface area contributed by atoms with Gasteiger partial charge in [-0.2, -0.15) is 0 Å². The number of carbonyl (C=O) groups excluding carboxylic acids is 1. The van der Waals surface area contributed by atoms with Crippen LogP contribution < -0.4 is 0 Å². The summed E-state index contributed by atoms with van der Waals surface area (Å²) in [5.41, 5.74) is 3.45. The predicted molar refractivity (Wildman–Crippen MR) is 84.1 cm³/mol. The Labute approximate surface area is 127 Å². The lowest BCUT2D eigenvalue weighted by Crippen LogP contribution is -2.40. The fraction of sp³-hybridized carbons (Fsp3) is 0.632. The zero-order chi connectivity index (χ0) is 14.3. The number of benzene rings is 1. The lowest BCUT2D eigenvalue weighted by molar-refractivity contribution is -0.130. The Morgan fingerprint density at radius 1 is 1.00 bits per heavy atom. The Bertz CT molecular complexity index is 544. The summed E-state index contributed by atoms with van der Waals surface area (Å²) >= 11 is 0. The van der Waals surface area contributed by atoms with Gasteiger partial charge in [-0.25, -0.2) is 0 Å². The highest BCUT2D eigenvalue weighted by atomic mass is 16.2. The van der Waals surface area contributed by atoms with Gasteiger partial charge in [0.2, 0.25) is 5.91 Å². The lowest BCUT2D eigenvalue weighted by atomic mass is 9.61. The molecule has 2 aliphatic carbocycles. The highest BCUT2D eigenvalue weighted by Gasteiger charge is 2.42. The van der Waals surface area contributed by atoms with Crippen LogP contribution in [0.1, 0.15) is 75.0 Å². The predicted octanol–water partition coefficient (Wildman–Crippen LogP) is 4.35. The normalized spacial score (nSPS) is 27.9. The van der Waals surface area contributed by atoms with E-state index in [4.69, 9.17) is 0 Å². The van der Waals surface area contributed by atoms with Crippen molar-refractivity contribution in [3.05, 3.63) is 35.4 Å². The molecule has 3 aliphatic rings. The summed E-state index contributed by atoms with van der Waals surface area (Å²) in [6, 6.07) is 9.36. The Balaban J connectivity index is 1.73. The van der Waals surface area contributed by atoms with Crippen LogP contribution in [0.15, 0.2) is 24.3 Å². The van der Waals surface area contributed by atoms with Gasteiger partial charge in [0.1, 0.15) is 0 Å². The van der Waals surface area contributed by atoms with E-state index in [2.05, 4.69) is 29.2 Å². The maximum Gasteiger partial charge on any atom is 0.223 e. The second kappa shape index (κ2) is 5.15. The van der Waals surface area contributed by atoms with E-state index >= 15 is 0 Å². The molecular weight excluding hydrogens is 258 g/mol. The summed E-state index contributed by atoms with van der Waals surface area (Å²) < 4.78 is 0. The van der Waals surface area contributed by atoms with Gasteiger partial charge in [-0.05, 0) is 48.6 Å². The molecule has 1 spiro atoms. The first-order chi connectivity index (χ1) is 10.3. The van der Waals surface area contributed by atoms with Gasteiger partial charge in [0.15, 0.2) is 0 Å². The number of fused-ring (bicyclic) bond motifs is 2. The van der Waals surface area contributed by atoms with Crippen molar-refractivity contribution in [3.8, 4) is 0 Å². The van der Waals surface area contributed by atoms with Gasteiger partial charge in [0, 0.05) is 13.0 Å². The van der Waals surface area contributed by atoms with Crippen LogP contribution in [-0.2, 0) is 10.2 Å². The van der Waals surface area contributed by atoms with E-state index in [-0.39, 0.29) is 0 Å². The molecule has 1 aliphatic heterocycles. The average molecular weight is 283 g/mol. The largest absolute Gasteiger partial charge is 0.336 e. The van der Waals surface area contributed by atoms with Gasteiger partial charge in [-0.15, -0.1) is 0 Å². The minimum atomic E-state index is 0.351. The summed E-state index contributed by atoms with van der Waals surface area (Å²) in [7, 11) is 0. The van der Waals surface area contributed by atoms with E-state index in [9.17, 15) is 4.79 Å². The zero-order valence-electron chi connectivity index (χ0n) is 12.8. The van der Waals surface area contributed by atoms with Crippen molar-refractivity contribution < 1.29 is 4.79 Å². The Morgan fingerprint density at radius 3 is 2.57 bits per heavy atom. The minimum Gasteiger partial charge on any atom is -0.336 e. The molecule has 0 bridgehead atoms. The number of hydrogen-bond acceptors (Lipinski definition) is 1. The number of likely N-dealkylation sites (tertiary alicyclic amines) is 1. The maximum atomic E-state index is 12.2. The van der Waals surface area contributed by atoms with Crippen LogP contribution >= 0.6 is 0 Å². The van der Waals surface area contributed by atoms with Crippen LogP contribution in [0, 0.1) is 0 Å². The van der Waals surface area contributed by atoms with Crippen LogP contribution in [0.4, 0.5) is 0 Å². The van der Waals surface area contributed by atoms with Crippen LogP contribution in [0.25, 0.3) is 0 Å². The average Bonchev–Trinajstić information content (AvgIpc) is 2.95. The van der Waals surface area contributed by atoms with E-state index in [1.54, 1.807) is 5.56 Å². The molecule has 2 heteroatoms. The molecule has 112 valence electrons. The first-order valence-corrected chi connectivity index (χ1v) is 8.69. The van der Waals surface area contributed by atoms with E-state index in [1.165, 1.54) is 50.5 Å². The molecule has 0 radical (unpaired) electrons. The molecule has 1 atom stereocenters. The number of nitrogens with zero attached hydrogens (tertiary/aromatic N) is 1. The summed E-state index contributed by atoms with van der Waals surface area (Å²) in [5, 5.41) is 0. The maximum absolute atomic E-state index is 12.2. The quantitative estimate of drug-likeness (QED) is 0.750. The van der Waals surface area contributed by atoms with Gasteiger partial charge in [0.05, 0.1) is 6.04 Å². The smallest absolute Gasteiger partial charge is 0.223 e. The molecular formula is C19H25NO. The minimum absolute atomic E-state index is 0.351. The Hall–Kier alpha value is -1.31. The highest BCUT2D eigenvalue weighted by Crippen LogP contribution is 2.51. The molecule has 1 saturated carbocycles. The monoisotopic (exact) mass is 283 g/mol. The van der Waals surface area contributed by atoms with Crippen LogP contribution in [0.3, 0.4) is 0 Å². The van der Waals surface area contributed by atoms with Crippen molar-refractivity contribution >= 4 is 5.91 Å². The van der Waals surface area contributed by atoms with E-state index < -0.39 is 0 Å². The van der Waals surface area contributed by atoms with Gasteiger partial charge >= 0.3 is 0 Å². The zero-order valence-corrected chi connectivity index (χ0v) is 12.8. The van der Waals surface area contributed by atoms with Crippen LogP contribution in [-0.4, -0.2) is 17.4 Å². The number of carbonyl (C=O) groups is 1. The Morgan fingerprint density at radius 2 is 1.81 bits per heavy atom. The third-order valence-electron chi connectivity index (χ3n) is 6.08. The van der Waals surface area contributed by atoms with Gasteiger partial charge < -0.3 is 4.90 Å². The standard InChI is InChI=1S/C19H25NO/c21-18-9-6-14-20(18)17-10-13-19(11-4-1-5-12-19)16-8-3-2-7-15(16)17/h2-3,7-8,17H,1,4-6,9-14H2/t17-/m0/s1. The molecule has 1 heterocycles. The molecule has 1 amide bonds. The molecule has 1 aromatic carbocycles. The van der Waals surface area contributed by atoms with Crippen molar-refractivity contribution in [2.45, 2.75) is 69.2 Å². The molecule has 1 saturated heterocycles. The van der Waals surface area contributed by atoms with Crippen molar-refractivity contribution in [3.63, 3.8) is 0 Å². The van der Waals surface area contributed by atoms with Gasteiger partial charge in [-0.1, -0.05) is 43.5 Å². The molecule has 2 nitrogen and oxygen atoms in total. The van der Waals surface area contributed by atoms with Crippen LogP contribution in [0.5, 0.6) is 0 Å². The fourth-order valence-electron chi connectivity index (χ4n) is 5.04. The summed E-state index contributed by atoms with van der Waals surface area (Å²) in [6.45, 7) is 0.963. The third kappa shape index (κ3) is 2.11. The van der Waals surface area contributed by atoms with E-state index in [0.717, 1.165) is 19.4 Å². The first-order valence-electron chi connectivity index (χ1n) is 8.69. The number of rotatable bonds is 1. The second-order valence-corrected chi connectivity index (χ2v) is 7.17. The molecule has 0 N–H and O–H groups in total. The second-order valence-electron chi connectivity index (χ2n) is 7.17. The van der Waals surface area contributed by atoms with Gasteiger partial charge in [-0.3, -0.25) is 4.79 Å². The van der Waals surface area contributed by atoms with Crippen molar-refractivity contribution in [1.29, 1.82) is 0 Å². The van der Waals surface area contributed by atoms with E-state index in [1.807, 2.05) is 0 Å². The highest BCUT2D eigenvalue weighted by molar-refractivity contribution is 5.78. The SMILES string of the molecule is O=C1CCCN1[C@H]1CCC2(CCCCC2)c2ccccc21. The van der Waals surface area contributed by atoms with E-state index in [0.29, 0.717) is 17.4 Å². The van der Waals surface area contributed by atoms with Gasteiger partial charge in [0.25, 0.3) is 0 Å². The molecule has 0 unspecified atom stereocenters. The third-order valence-corrected chi connectivity index (χ3v) is 6.08. The molecule has 1 aromatic rings.